The van der Waals surface area contributed by atoms with Crippen LogP contribution in [-0.2, 0) is 6.42 Å². The van der Waals surface area contributed by atoms with Gasteiger partial charge in [-0.25, -0.2) is 4.68 Å². The number of aliphatic hydroxyl groups is 1. The highest BCUT2D eigenvalue weighted by molar-refractivity contribution is 6.35. The molecule has 0 saturated carbocycles. The molecule has 0 amide bonds. The molecule has 0 aliphatic heterocycles. The van der Waals surface area contributed by atoms with Gasteiger partial charge in [0.1, 0.15) is 6.10 Å². The predicted molar refractivity (Wildman–Crippen MR) is 122 cm³/mol. The van der Waals surface area contributed by atoms with Crippen LogP contribution in [0.4, 0.5) is 0 Å². The molecule has 0 radical (unpaired) electrons. The SMILES string of the molecule is Cc1c(C(O)Cc2ccccn2)nn(-c2ccc(Cl)cc2Cl)c1C1=CC=C(Cl)CC1. The lowest BCUT2D eigenvalue weighted by atomic mass is 9.96. The van der Waals surface area contributed by atoms with E-state index in [-0.39, 0.29) is 0 Å². The Bertz CT molecular complexity index is 1140. The minimum atomic E-state index is -0.797. The van der Waals surface area contributed by atoms with Crippen LogP contribution < -0.4 is 0 Å². The Labute approximate surface area is 190 Å². The summed E-state index contributed by atoms with van der Waals surface area (Å²) in [5, 5.41) is 17.6. The molecule has 154 valence electrons. The molecule has 1 aliphatic rings. The van der Waals surface area contributed by atoms with E-state index in [0.29, 0.717) is 27.8 Å². The van der Waals surface area contributed by atoms with Gasteiger partial charge in [0.15, 0.2) is 0 Å². The summed E-state index contributed by atoms with van der Waals surface area (Å²) in [5.41, 5.74) is 5.01. The minimum Gasteiger partial charge on any atom is -0.386 e. The number of pyridine rings is 1. The molecule has 1 N–H and O–H groups in total. The lowest BCUT2D eigenvalue weighted by molar-refractivity contribution is 0.171. The van der Waals surface area contributed by atoms with E-state index in [0.717, 1.165) is 40.4 Å². The van der Waals surface area contributed by atoms with Gasteiger partial charge in [0.2, 0.25) is 0 Å². The van der Waals surface area contributed by atoms with Crippen molar-refractivity contribution in [3.05, 3.63) is 92.5 Å². The highest BCUT2D eigenvalue weighted by atomic mass is 35.5. The maximum atomic E-state index is 11.0. The molecule has 3 aromatic rings. The van der Waals surface area contributed by atoms with Crippen molar-refractivity contribution in [2.24, 2.45) is 0 Å². The van der Waals surface area contributed by atoms with Crippen molar-refractivity contribution >= 4 is 40.4 Å². The normalized spacial score (nSPS) is 15.0. The largest absolute Gasteiger partial charge is 0.386 e. The first-order valence-electron chi connectivity index (χ1n) is 9.62. The van der Waals surface area contributed by atoms with Crippen LogP contribution in [0.15, 0.2) is 59.8 Å². The number of hydrogen-bond donors (Lipinski definition) is 1. The van der Waals surface area contributed by atoms with E-state index in [2.05, 4.69) is 4.98 Å². The van der Waals surface area contributed by atoms with Gasteiger partial charge in [-0.15, -0.1) is 0 Å². The molecular formula is C23H20Cl3N3O. The number of aromatic nitrogens is 3. The fourth-order valence-electron chi connectivity index (χ4n) is 3.66. The quantitative estimate of drug-likeness (QED) is 0.475. The predicted octanol–water partition coefficient (Wildman–Crippen LogP) is 6.46. The number of benzene rings is 1. The van der Waals surface area contributed by atoms with Crippen molar-refractivity contribution in [3.8, 4) is 5.69 Å². The Morgan fingerprint density at radius 1 is 1.10 bits per heavy atom. The molecule has 0 spiro atoms. The van der Waals surface area contributed by atoms with Gasteiger partial charge < -0.3 is 5.11 Å². The van der Waals surface area contributed by atoms with E-state index in [9.17, 15) is 5.11 Å². The molecule has 0 fully saturated rings. The first-order valence-corrected chi connectivity index (χ1v) is 10.8. The number of rotatable bonds is 5. The molecule has 7 heteroatoms. The number of halogens is 3. The van der Waals surface area contributed by atoms with Crippen molar-refractivity contribution in [2.45, 2.75) is 32.3 Å². The second kappa shape index (κ2) is 8.94. The van der Waals surface area contributed by atoms with Gasteiger partial charge in [-0.1, -0.05) is 46.9 Å². The van der Waals surface area contributed by atoms with Crippen LogP contribution >= 0.6 is 34.8 Å². The van der Waals surface area contributed by atoms with Crippen molar-refractivity contribution in [1.82, 2.24) is 14.8 Å². The second-order valence-electron chi connectivity index (χ2n) is 7.21. The third-order valence-electron chi connectivity index (χ3n) is 5.14. The molecule has 2 heterocycles. The number of hydrogen-bond acceptors (Lipinski definition) is 3. The lowest BCUT2D eigenvalue weighted by Crippen LogP contribution is -2.07. The van der Waals surface area contributed by atoms with Gasteiger partial charge in [-0.05, 0) is 61.7 Å². The van der Waals surface area contributed by atoms with Crippen LogP contribution in [-0.4, -0.2) is 19.9 Å². The minimum absolute atomic E-state index is 0.372. The standard InChI is InChI=1S/C23H20Cl3N3O/c1-14-22(21(30)13-18-4-2-3-11-27-18)28-29(20-10-9-17(25)12-19(20)26)23(14)15-5-7-16(24)8-6-15/h2-5,7,9-12,21,30H,6,8,13H2,1H3. The Kier molecular flexibility index (Phi) is 6.30. The van der Waals surface area contributed by atoms with Crippen molar-refractivity contribution in [2.75, 3.05) is 0 Å². The maximum Gasteiger partial charge on any atom is 0.104 e. The smallest absolute Gasteiger partial charge is 0.104 e. The van der Waals surface area contributed by atoms with Crippen molar-refractivity contribution in [3.63, 3.8) is 0 Å². The average Bonchev–Trinajstić information content (AvgIpc) is 3.06. The summed E-state index contributed by atoms with van der Waals surface area (Å²) in [6.45, 7) is 1.97. The number of aliphatic hydroxyl groups excluding tert-OH is 1. The monoisotopic (exact) mass is 459 g/mol. The van der Waals surface area contributed by atoms with E-state index >= 15 is 0 Å². The molecular weight excluding hydrogens is 441 g/mol. The van der Waals surface area contributed by atoms with Gasteiger partial charge in [-0.3, -0.25) is 4.98 Å². The molecule has 4 rings (SSSR count). The fourth-order valence-corrected chi connectivity index (χ4v) is 4.30. The molecule has 1 atom stereocenters. The summed E-state index contributed by atoms with van der Waals surface area (Å²) >= 11 is 18.8. The molecule has 1 unspecified atom stereocenters. The molecule has 1 aliphatic carbocycles. The third-order valence-corrected chi connectivity index (χ3v) is 6.00. The summed E-state index contributed by atoms with van der Waals surface area (Å²) in [5.74, 6) is 0. The Morgan fingerprint density at radius 2 is 1.93 bits per heavy atom. The van der Waals surface area contributed by atoms with Gasteiger partial charge in [0.25, 0.3) is 0 Å². The second-order valence-corrected chi connectivity index (χ2v) is 8.54. The van der Waals surface area contributed by atoms with Crippen LogP contribution in [0, 0.1) is 6.92 Å². The highest BCUT2D eigenvalue weighted by Gasteiger charge is 2.25. The van der Waals surface area contributed by atoms with Crippen LogP contribution in [0.3, 0.4) is 0 Å². The Morgan fingerprint density at radius 3 is 2.60 bits per heavy atom. The third kappa shape index (κ3) is 4.33. The number of allylic oxidation sites excluding steroid dienone is 4. The Hall–Kier alpha value is -2.11. The zero-order valence-electron chi connectivity index (χ0n) is 16.3. The number of nitrogens with zero attached hydrogens (tertiary/aromatic N) is 3. The van der Waals surface area contributed by atoms with Crippen LogP contribution in [0.5, 0.6) is 0 Å². The van der Waals surface area contributed by atoms with Gasteiger partial charge in [0.05, 0.1) is 22.1 Å². The van der Waals surface area contributed by atoms with Gasteiger partial charge in [0, 0.05) is 33.9 Å². The molecule has 2 aromatic heterocycles. The zero-order valence-corrected chi connectivity index (χ0v) is 18.6. The Balaban J connectivity index is 1.83. The van der Waals surface area contributed by atoms with E-state index in [1.54, 1.807) is 23.0 Å². The topological polar surface area (TPSA) is 50.9 Å². The summed E-state index contributed by atoms with van der Waals surface area (Å²) in [6.07, 6.45) is 6.75. The van der Waals surface area contributed by atoms with Crippen LogP contribution in [0.2, 0.25) is 10.0 Å². The first-order chi connectivity index (χ1) is 14.4. The van der Waals surface area contributed by atoms with E-state index in [1.807, 2.05) is 43.3 Å². The molecule has 30 heavy (non-hydrogen) atoms. The fraction of sp³-hybridized carbons (Fsp3) is 0.217. The highest BCUT2D eigenvalue weighted by Crippen LogP contribution is 2.36. The lowest BCUT2D eigenvalue weighted by Gasteiger charge is -2.15. The van der Waals surface area contributed by atoms with Crippen LogP contribution in [0.1, 0.15) is 41.6 Å². The summed E-state index contributed by atoms with van der Waals surface area (Å²) in [7, 11) is 0. The van der Waals surface area contributed by atoms with E-state index < -0.39 is 6.10 Å². The van der Waals surface area contributed by atoms with E-state index in [4.69, 9.17) is 39.9 Å². The van der Waals surface area contributed by atoms with Crippen molar-refractivity contribution in [1.29, 1.82) is 0 Å². The first kappa shape index (κ1) is 21.1. The molecule has 0 saturated heterocycles. The maximum absolute atomic E-state index is 11.0. The average molecular weight is 461 g/mol. The molecule has 0 bridgehead atoms. The summed E-state index contributed by atoms with van der Waals surface area (Å²) in [6, 6.07) is 11.0. The van der Waals surface area contributed by atoms with Gasteiger partial charge in [-0.2, -0.15) is 5.10 Å². The molecule has 4 nitrogen and oxygen atoms in total. The van der Waals surface area contributed by atoms with E-state index in [1.165, 1.54) is 0 Å². The van der Waals surface area contributed by atoms with Crippen molar-refractivity contribution < 1.29 is 5.11 Å². The summed E-state index contributed by atoms with van der Waals surface area (Å²) in [4.78, 5) is 4.32. The van der Waals surface area contributed by atoms with Crippen LogP contribution in [0.25, 0.3) is 11.3 Å². The zero-order chi connectivity index (χ0) is 21.3. The molecule has 1 aromatic carbocycles. The van der Waals surface area contributed by atoms with Gasteiger partial charge >= 0.3 is 0 Å². The summed E-state index contributed by atoms with van der Waals surface area (Å²) < 4.78 is 1.80.